The van der Waals surface area contributed by atoms with Crippen LogP contribution < -0.4 is 5.73 Å². The first-order chi connectivity index (χ1) is 22.9. The number of aromatic nitrogens is 2. The summed E-state index contributed by atoms with van der Waals surface area (Å²) in [4.78, 5) is 39.9. The van der Waals surface area contributed by atoms with Crippen LogP contribution in [0, 0.1) is 0 Å². The van der Waals surface area contributed by atoms with Crippen LogP contribution >= 0.6 is 23.2 Å². The lowest BCUT2D eigenvalue weighted by Gasteiger charge is -2.42. The number of nitrogens with zero attached hydrogens (tertiary/aromatic N) is 4. The number of ether oxygens (including phenoxy) is 2. The molecule has 48 heavy (non-hydrogen) atoms. The summed E-state index contributed by atoms with van der Waals surface area (Å²) in [7, 11) is 0. The topological polar surface area (TPSA) is 111 Å². The summed E-state index contributed by atoms with van der Waals surface area (Å²) in [5, 5.41) is 1.24. The Labute approximate surface area is 294 Å². The lowest BCUT2D eigenvalue weighted by atomic mass is 9.95. The average Bonchev–Trinajstić information content (AvgIpc) is 3.56. The minimum atomic E-state index is -0.678. The Balaban J connectivity index is 1.26. The van der Waals surface area contributed by atoms with Gasteiger partial charge in [0.05, 0.1) is 17.6 Å². The largest absolute Gasteiger partial charge is 0.461 e. The van der Waals surface area contributed by atoms with Crippen molar-refractivity contribution in [3.05, 3.63) is 75.5 Å². The third kappa shape index (κ3) is 9.18. The van der Waals surface area contributed by atoms with Crippen LogP contribution in [0.1, 0.15) is 83.0 Å². The van der Waals surface area contributed by atoms with E-state index in [4.69, 9.17) is 43.4 Å². The van der Waals surface area contributed by atoms with Crippen molar-refractivity contribution in [3.63, 3.8) is 0 Å². The first-order valence-electron chi connectivity index (χ1n) is 17.0. The molecule has 1 amide bonds. The molecular weight excluding hydrogens is 649 g/mol. The fourth-order valence-corrected chi connectivity index (χ4v) is 7.17. The minimum absolute atomic E-state index is 0.0677. The molecule has 1 saturated heterocycles. The van der Waals surface area contributed by atoms with Crippen molar-refractivity contribution < 1.29 is 19.1 Å². The molecule has 0 bridgehead atoms. The molecule has 0 spiro atoms. The zero-order valence-corrected chi connectivity index (χ0v) is 29.9. The highest BCUT2D eigenvalue weighted by Crippen LogP contribution is 2.30. The van der Waals surface area contributed by atoms with Gasteiger partial charge in [0.15, 0.2) is 0 Å². The van der Waals surface area contributed by atoms with Gasteiger partial charge in [-0.05, 0) is 102 Å². The van der Waals surface area contributed by atoms with E-state index in [9.17, 15) is 9.59 Å². The van der Waals surface area contributed by atoms with Gasteiger partial charge in [-0.25, -0.2) is 19.6 Å². The Morgan fingerprint density at radius 2 is 1.71 bits per heavy atom. The van der Waals surface area contributed by atoms with E-state index in [-0.39, 0.29) is 18.1 Å². The molecule has 2 fully saturated rings. The van der Waals surface area contributed by atoms with E-state index in [0.717, 1.165) is 61.0 Å². The average molecular weight is 697 g/mol. The van der Waals surface area contributed by atoms with E-state index in [0.29, 0.717) is 53.9 Å². The molecule has 0 radical (unpaired) electrons. The molecule has 2 aliphatic rings. The van der Waals surface area contributed by atoms with Gasteiger partial charge >= 0.3 is 12.1 Å². The molecule has 1 unspecified atom stereocenters. The Morgan fingerprint density at radius 3 is 2.35 bits per heavy atom. The van der Waals surface area contributed by atoms with Gasteiger partial charge in [-0.1, -0.05) is 60.5 Å². The highest BCUT2D eigenvalue weighted by atomic mass is 35.5. The maximum absolute atomic E-state index is 13.5. The third-order valence-electron chi connectivity index (χ3n) is 9.17. The molecule has 3 aromatic rings. The normalized spacial score (nSPS) is 18.7. The van der Waals surface area contributed by atoms with Gasteiger partial charge < -0.3 is 15.2 Å². The second kappa shape index (κ2) is 15.9. The number of amides is 1. The van der Waals surface area contributed by atoms with Crippen LogP contribution in [-0.4, -0.2) is 68.7 Å². The lowest BCUT2D eigenvalue weighted by molar-refractivity contribution is -0.157. The quantitative estimate of drug-likeness (QED) is 0.213. The first kappa shape index (κ1) is 35.9. The molecule has 2 heterocycles. The number of carbonyl (C=O) groups excluding carboxylic acids is 2. The molecule has 9 nitrogen and oxygen atoms in total. The molecule has 1 saturated carbocycles. The predicted molar refractivity (Wildman–Crippen MR) is 190 cm³/mol. The van der Waals surface area contributed by atoms with Crippen LogP contribution in [0.25, 0.3) is 11.3 Å². The number of nitrogens with two attached hydrogens (primary N) is 1. The van der Waals surface area contributed by atoms with Gasteiger partial charge in [-0.15, -0.1) is 0 Å². The standard InChI is InChI=1S/C37H47Cl2N5O4/c1-5-43(26-19-20-44(36(46)48-37(2,3)4)33(21-26)35(45)47-27-9-6-7-10-27)23-24-13-15-25(16-14-24)32-22-41-34(40)31(42-32)18-17-28-29(38)11-8-12-30(28)39/h8,11-16,22,26-27,33H,5-7,9-10,17-21,23H2,1-4H3,(H2,40,41)/t26?,33-/m1/s1. The molecule has 1 aromatic heterocycles. The molecular formula is C37H47Cl2N5O4. The number of esters is 1. The number of carbonyl (C=O) groups is 2. The summed E-state index contributed by atoms with van der Waals surface area (Å²) in [6.07, 6.45) is 7.45. The van der Waals surface area contributed by atoms with Crippen LogP contribution in [0.2, 0.25) is 10.0 Å². The molecule has 258 valence electrons. The van der Waals surface area contributed by atoms with Crippen LogP contribution in [-0.2, 0) is 33.7 Å². The van der Waals surface area contributed by atoms with Crippen molar-refractivity contribution in [2.75, 3.05) is 18.8 Å². The van der Waals surface area contributed by atoms with Crippen molar-refractivity contribution in [1.29, 1.82) is 0 Å². The number of likely N-dealkylation sites (tertiary alicyclic amines) is 1. The Morgan fingerprint density at radius 1 is 1.02 bits per heavy atom. The van der Waals surface area contributed by atoms with Gasteiger partial charge in [0.2, 0.25) is 0 Å². The fourth-order valence-electron chi connectivity index (χ4n) is 6.58. The highest BCUT2D eigenvalue weighted by molar-refractivity contribution is 6.36. The summed E-state index contributed by atoms with van der Waals surface area (Å²) in [5.74, 6) is 0.0667. The van der Waals surface area contributed by atoms with Gasteiger partial charge in [-0.3, -0.25) is 9.80 Å². The van der Waals surface area contributed by atoms with E-state index in [1.165, 1.54) is 0 Å². The summed E-state index contributed by atoms with van der Waals surface area (Å²) in [6.45, 7) is 9.57. The summed E-state index contributed by atoms with van der Waals surface area (Å²) < 4.78 is 11.6. The number of aryl methyl sites for hydroxylation is 1. The van der Waals surface area contributed by atoms with Crippen LogP contribution in [0.5, 0.6) is 0 Å². The molecule has 2 atom stereocenters. The number of hydrogen-bond donors (Lipinski definition) is 1. The summed E-state index contributed by atoms with van der Waals surface area (Å²) in [5.41, 5.74) is 9.91. The zero-order valence-electron chi connectivity index (χ0n) is 28.4. The van der Waals surface area contributed by atoms with Gasteiger partial charge in [0, 0.05) is 34.7 Å². The zero-order chi connectivity index (χ0) is 34.4. The maximum Gasteiger partial charge on any atom is 0.411 e. The van der Waals surface area contributed by atoms with E-state index >= 15 is 0 Å². The second-order valence-electron chi connectivity index (χ2n) is 13.8. The summed E-state index contributed by atoms with van der Waals surface area (Å²) in [6, 6.07) is 13.2. The molecule has 2 N–H and O–H groups in total. The van der Waals surface area contributed by atoms with E-state index in [2.05, 4.69) is 28.9 Å². The molecule has 1 aliphatic heterocycles. The molecule has 2 aromatic carbocycles. The van der Waals surface area contributed by atoms with Gasteiger partial charge in [0.1, 0.15) is 23.6 Å². The van der Waals surface area contributed by atoms with E-state index in [1.54, 1.807) is 11.1 Å². The van der Waals surface area contributed by atoms with Crippen LogP contribution in [0.4, 0.5) is 10.6 Å². The van der Waals surface area contributed by atoms with Crippen LogP contribution in [0.15, 0.2) is 48.7 Å². The van der Waals surface area contributed by atoms with Gasteiger partial charge in [0.25, 0.3) is 0 Å². The van der Waals surface area contributed by atoms with Crippen molar-refractivity contribution in [3.8, 4) is 11.3 Å². The number of rotatable bonds is 10. The lowest BCUT2D eigenvalue weighted by Crippen LogP contribution is -2.56. The third-order valence-corrected chi connectivity index (χ3v) is 9.88. The van der Waals surface area contributed by atoms with Crippen molar-refractivity contribution >= 4 is 41.1 Å². The predicted octanol–water partition coefficient (Wildman–Crippen LogP) is 7.89. The Bertz CT molecular complexity index is 1550. The smallest absolute Gasteiger partial charge is 0.411 e. The number of benzene rings is 2. The monoisotopic (exact) mass is 695 g/mol. The second-order valence-corrected chi connectivity index (χ2v) is 14.6. The van der Waals surface area contributed by atoms with Crippen molar-refractivity contribution in [1.82, 2.24) is 19.8 Å². The van der Waals surface area contributed by atoms with Crippen molar-refractivity contribution in [2.45, 2.75) is 109 Å². The fraction of sp³-hybridized carbons (Fsp3) is 0.514. The first-order valence-corrected chi connectivity index (χ1v) is 17.7. The Hall–Kier alpha value is -3.40. The number of hydrogen-bond acceptors (Lipinski definition) is 8. The van der Waals surface area contributed by atoms with E-state index < -0.39 is 17.7 Å². The highest BCUT2D eigenvalue weighted by Gasteiger charge is 2.41. The van der Waals surface area contributed by atoms with Gasteiger partial charge in [-0.2, -0.15) is 0 Å². The number of nitrogen functional groups attached to an aromatic ring is 1. The Kier molecular flexibility index (Phi) is 11.9. The maximum atomic E-state index is 13.5. The number of anilines is 1. The number of piperidine rings is 1. The van der Waals surface area contributed by atoms with Crippen LogP contribution in [0.3, 0.4) is 0 Å². The molecule has 5 rings (SSSR count). The molecule has 1 aliphatic carbocycles. The molecule has 11 heteroatoms. The number of halogens is 2. The summed E-state index contributed by atoms with van der Waals surface area (Å²) >= 11 is 12.7. The van der Waals surface area contributed by atoms with E-state index in [1.807, 2.05) is 51.1 Å². The SMILES string of the molecule is CCN(Cc1ccc(-c2cnc(N)c(CCc3c(Cl)cccc3Cl)n2)cc1)C1CCN(C(=O)OC(C)(C)C)[C@@H](C(=O)OC2CCCC2)C1. The minimum Gasteiger partial charge on any atom is -0.461 e. The van der Waals surface area contributed by atoms with Crippen molar-refractivity contribution in [2.24, 2.45) is 0 Å².